The number of nitriles is 2. The third kappa shape index (κ3) is 2.71. The Bertz CT molecular complexity index is 454. The van der Waals surface area contributed by atoms with Gasteiger partial charge in [-0.3, -0.25) is 0 Å². The molecule has 0 aromatic heterocycles. The molecule has 4 heteroatoms. The minimum Gasteiger partial charge on any atom is -0.496 e. The molecular formula is C11H7IN2O. The smallest absolute Gasteiger partial charge is 0.140 e. The number of hydrogen-bond donors (Lipinski definition) is 0. The first-order chi connectivity index (χ1) is 7.22. The second-order valence-corrected chi connectivity index (χ2v) is 3.88. The molecule has 0 heterocycles. The normalized spacial score (nSPS) is 14.3. The Morgan fingerprint density at radius 3 is 2.47 bits per heavy atom. The largest absolute Gasteiger partial charge is 0.496 e. The number of rotatable bonds is 1. The fourth-order valence-electron chi connectivity index (χ4n) is 1.08. The summed E-state index contributed by atoms with van der Waals surface area (Å²) in [5.41, 5.74) is 0.573. The van der Waals surface area contributed by atoms with E-state index < -0.39 is 0 Å². The highest BCUT2D eigenvalue weighted by molar-refractivity contribution is 14.1. The van der Waals surface area contributed by atoms with Gasteiger partial charge in [-0.15, -0.1) is 0 Å². The lowest BCUT2D eigenvalue weighted by atomic mass is 10.1. The first kappa shape index (κ1) is 11.5. The van der Waals surface area contributed by atoms with E-state index in [9.17, 15) is 0 Å². The van der Waals surface area contributed by atoms with E-state index >= 15 is 0 Å². The van der Waals surface area contributed by atoms with Crippen LogP contribution in [0.4, 0.5) is 0 Å². The Morgan fingerprint density at radius 1 is 1.27 bits per heavy atom. The number of ether oxygens (including phenoxy) is 1. The van der Waals surface area contributed by atoms with E-state index in [1.54, 1.807) is 12.2 Å². The minimum absolute atomic E-state index is 0.0545. The Morgan fingerprint density at radius 2 is 1.93 bits per heavy atom. The second-order valence-electron chi connectivity index (χ2n) is 2.63. The fourth-order valence-corrected chi connectivity index (χ4v) is 1.44. The molecule has 0 spiro atoms. The van der Waals surface area contributed by atoms with E-state index in [1.807, 2.05) is 24.3 Å². The molecule has 0 radical (unpaired) electrons. The van der Waals surface area contributed by atoms with Gasteiger partial charge < -0.3 is 4.74 Å². The molecule has 0 saturated carbocycles. The molecular weight excluding hydrogens is 303 g/mol. The number of nitrogens with zero attached hydrogens (tertiary/aromatic N) is 2. The average Bonchev–Trinajstić information content (AvgIpc) is 2.43. The van der Waals surface area contributed by atoms with E-state index in [0.29, 0.717) is 11.3 Å². The molecule has 0 unspecified atom stereocenters. The summed E-state index contributed by atoms with van der Waals surface area (Å²) >= 11 is 2.15. The van der Waals surface area contributed by atoms with Crippen molar-refractivity contribution in [3.05, 3.63) is 44.8 Å². The summed E-state index contributed by atoms with van der Waals surface area (Å²) in [5, 5.41) is 17.6. The maximum Gasteiger partial charge on any atom is 0.140 e. The number of halogens is 1. The molecule has 1 aliphatic rings. The highest BCUT2D eigenvalue weighted by Gasteiger charge is 2.10. The topological polar surface area (TPSA) is 56.8 Å². The van der Waals surface area contributed by atoms with Crippen LogP contribution in [0.3, 0.4) is 0 Å². The van der Waals surface area contributed by atoms with Gasteiger partial charge in [0, 0.05) is 9.15 Å². The van der Waals surface area contributed by atoms with Gasteiger partial charge in [-0.2, -0.15) is 10.5 Å². The molecule has 1 rings (SSSR count). The first-order valence-corrected chi connectivity index (χ1v) is 5.15. The fraction of sp³-hybridized carbons (Fsp3) is 0.0909. The van der Waals surface area contributed by atoms with Gasteiger partial charge in [-0.05, 0) is 46.9 Å². The number of hydrogen-bond acceptors (Lipinski definition) is 3. The molecule has 0 fully saturated rings. The Labute approximate surface area is 102 Å². The van der Waals surface area contributed by atoms with Crippen LogP contribution in [0.5, 0.6) is 0 Å². The highest BCUT2D eigenvalue weighted by Crippen LogP contribution is 2.23. The third-order valence-electron chi connectivity index (χ3n) is 1.78. The van der Waals surface area contributed by atoms with Gasteiger partial charge in [0.15, 0.2) is 0 Å². The predicted molar refractivity (Wildman–Crippen MR) is 64.6 cm³/mol. The Balaban J connectivity index is 3.34. The second kappa shape index (κ2) is 5.38. The van der Waals surface area contributed by atoms with E-state index in [4.69, 9.17) is 15.3 Å². The summed E-state index contributed by atoms with van der Waals surface area (Å²) in [6.45, 7) is 0. The summed E-state index contributed by atoms with van der Waals surface area (Å²) in [6, 6.07) is 3.70. The molecule has 0 bridgehead atoms. The molecule has 0 amide bonds. The highest BCUT2D eigenvalue weighted by atomic mass is 127. The van der Waals surface area contributed by atoms with Crippen LogP contribution >= 0.6 is 22.6 Å². The van der Waals surface area contributed by atoms with Gasteiger partial charge >= 0.3 is 0 Å². The lowest BCUT2D eigenvalue weighted by Crippen LogP contribution is -1.93. The number of allylic oxidation sites excluding steroid dienone is 6. The van der Waals surface area contributed by atoms with E-state index in [1.165, 1.54) is 7.11 Å². The van der Waals surface area contributed by atoms with Crippen molar-refractivity contribution >= 4 is 22.6 Å². The van der Waals surface area contributed by atoms with Crippen molar-refractivity contribution in [2.75, 3.05) is 7.11 Å². The first-order valence-electron chi connectivity index (χ1n) is 4.07. The van der Waals surface area contributed by atoms with Crippen molar-refractivity contribution < 1.29 is 4.74 Å². The van der Waals surface area contributed by atoms with Crippen LogP contribution in [0.1, 0.15) is 0 Å². The van der Waals surface area contributed by atoms with Crippen molar-refractivity contribution in [2.45, 2.75) is 0 Å². The van der Waals surface area contributed by atoms with Gasteiger partial charge in [0.05, 0.1) is 7.11 Å². The zero-order chi connectivity index (χ0) is 11.3. The lowest BCUT2D eigenvalue weighted by Gasteiger charge is -2.04. The SMILES string of the molecule is COC1=CC=C(I)C=CC1=C(C#N)C#N. The Kier molecular flexibility index (Phi) is 4.14. The van der Waals surface area contributed by atoms with Crippen molar-refractivity contribution in [3.63, 3.8) is 0 Å². The van der Waals surface area contributed by atoms with Crippen LogP contribution < -0.4 is 0 Å². The van der Waals surface area contributed by atoms with Crippen molar-refractivity contribution in [3.8, 4) is 12.1 Å². The monoisotopic (exact) mass is 310 g/mol. The molecule has 0 saturated heterocycles. The van der Waals surface area contributed by atoms with Crippen LogP contribution in [0.15, 0.2) is 44.8 Å². The predicted octanol–water partition coefficient (Wildman–Crippen LogP) is 2.75. The van der Waals surface area contributed by atoms with Crippen LogP contribution in [-0.2, 0) is 4.74 Å². The molecule has 0 N–H and O–H groups in total. The molecule has 0 aromatic rings. The summed E-state index contributed by atoms with van der Waals surface area (Å²) in [6.07, 6.45) is 7.14. The third-order valence-corrected chi connectivity index (χ3v) is 2.50. The van der Waals surface area contributed by atoms with Crippen molar-refractivity contribution in [1.82, 2.24) is 0 Å². The summed E-state index contributed by atoms with van der Waals surface area (Å²) in [5.74, 6) is 0.524. The standard InChI is InChI=1S/C11H7IN2O/c1-15-11-5-3-9(12)2-4-10(11)8(6-13)7-14/h2-5H,1H3. The zero-order valence-corrected chi connectivity index (χ0v) is 10.1. The van der Waals surface area contributed by atoms with Crippen LogP contribution in [-0.4, -0.2) is 7.11 Å². The van der Waals surface area contributed by atoms with Crippen molar-refractivity contribution in [1.29, 1.82) is 10.5 Å². The molecule has 15 heavy (non-hydrogen) atoms. The summed E-state index contributed by atoms with van der Waals surface area (Å²) in [7, 11) is 1.51. The number of methoxy groups -OCH3 is 1. The van der Waals surface area contributed by atoms with Crippen LogP contribution in [0.25, 0.3) is 0 Å². The molecule has 3 nitrogen and oxygen atoms in total. The van der Waals surface area contributed by atoms with Gasteiger partial charge in [0.1, 0.15) is 23.5 Å². The van der Waals surface area contributed by atoms with Crippen molar-refractivity contribution in [2.24, 2.45) is 0 Å². The molecule has 0 aromatic carbocycles. The molecule has 74 valence electrons. The van der Waals surface area contributed by atoms with Crippen LogP contribution in [0.2, 0.25) is 0 Å². The molecule has 0 atom stereocenters. The minimum atomic E-state index is 0.0545. The summed E-state index contributed by atoms with van der Waals surface area (Å²) < 4.78 is 6.13. The van der Waals surface area contributed by atoms with E-state index in [0.717, 1.165) is 3.58 Å². The maximum absolute atomic E-state index is 8.78. The van der Waals surface area contributed by atoms with Gasteiger partial charge in [0.2, 0.25) is 0 Å². The van der Waals surface area contributed by atoms with Gasteiger partial charge in [0.25, 0.3) is 0 Å². The van der Waals surface area contributed by atoms with E-state index in [-0.39, 0.29) is 5.57 Å². The average molecular weight is 310 g/mol. The molecule has 0 aliphatic heterocycles. The Hall–Kier alpha value is -1.53. The zero-order valence-electron chi connectivity index (χ0n) is 7.99. The van der Waals surface area contributed by atoms with Gasteiger partial charge in [-0.1, -0.05) is 0 Å². The van der Waals surface area contributed by atoms with Gasteiger partial charge in [-0.25, -0.2) is 0 Å². The maximum atomic E-state index is 8.78. The summed E-state index contributed by atoms with van der Waals surface area (Å²) in [4.78, 5) is 0. The van der Waals surface area contributed by atoms with E-state index in [2.05, 4.69) is 22.6 Å². The molecule has 1 aliphatic carbocycles. The lowest BCUT2D eigenvalue weighted by molar-refractivity contribution is 0.302. The van der Waals surface area contributed by atoms with Crippen LogP contribution in [0, 0.1) is 22.7 Å². The quantitative estimate of drug-likeness (QED) is 0.553.